The van der Waals surface area contributed by atoms with Crippen molar-refractivity contribution in [3.8, 4) is 5.75 Å². The molecule has 0 saturated carbocycles. The Morgan fingerprint density at radius 1 is 1.44 bits per heavy atom. The van der Waals surface area contributed by atoms with Crippen molar-refractivity contribution in [2.45, 2.75) is 18.9 Å². The van der Waals surface area contributed by atoms with E-state index in [1.807, 2.05) is 0 Å². The number of amides is 1. The van der Waals surface area contributed by atoms with Gasteiger partial charge in [0.05, 0.1) is 24.2 Å². The first-order chi connectivity index (χ1) is 12.0. The number of carbonyl (C=O) groups is 1. The summed E-state index contributed by atoms with van der Waals surface area (Å²) in [6, 6.07) is 3.64. The first-order valence-electron chi connectivity index (χ1n) is 7.69. The lowest BCUT2D eigenvalue weighted by Crippen LogP contribution is -2.34. The standard InChI is InChI=1S/C16H16N2O7/c1-23-13-7-10(18(21)22)5-9-6-12(16(20)25-14(9)13)15(19)17-8-11-3-2-4-24-11/h5-7,11H,2-4,8H2,1H3,(H,17,19). The third-order valence-corrected chi connectivity index (χ3v) is 3.97. The van der Waals surface area contributed by atoms with Crippen LogP contribution in [-0.4, -0.2) is 37.2 Å². The summed E-state index contributed by atoms with van der Waals surface area (Å²) >= 11 is 0. The van der Waals surface area contributed by atoms with Gasteiger partial charge in [-0.3, -0.25) is 14.9 Å². The van der Waals surface area contributed by atoms with Gasteiger partial charge in [0.15, 0.2) is 11.3 Å². The normalized spacial score (nSPS) is 16.8. The van der Waals surface area contributed by atoms with E-state index in [-0.39, 0.29) is 40.6 Å². The molecule has 1 atom stereocenters. The van der Waals surface area contributed by atoms with Gasteiger partial charge in [-0.2, -0.15) is 0 Å². The average Bonchev–Trinajstić information content (AvgIpc) is 3.11. The van der Waals surface area contributed by atoms with Crippen molar-refractivity contribution in [3.63, 3.8) is 0 Å². The second-order valence-corrected chi connectivity index (χ2v) is 5.62. The van der Waals surface area contributed by atoms with Crippen molar-refractivity contribution in [1.29, 1.82) is 0 Å². The summed E-state index contributed by atoms with van der Waals surface area (Å²) in [6.45, 7) is 0.941. The zero-order valence-electron chi connectivity index (χ0n) is 13.4. The average molecular weight is 348 g/mol. The smallest absolute Gasteiger partial charge is 0.349 e. The van der Waals surface area contributed by atoms with Crippen LogP contribution in [0.3, 0.4) is 0 Å². The highest BCUT2D eigenvalue weighted by Crippen LogP contribution is 2.30. The lowest BCUT2D eigenvalue weighted by atomic mass is 10.1. The topological polar surface area (TPSA) is 121 Å². The van der Waals surface area contributed by atoms with Crippen molar-refractivity contribution in [2.75, 3.05) is 20.3 Å². The Hall–Kier alpha value is -2.94. The number of rotatable bonds is 5. The Labute approximate surface area is 141 Å². The highest BCUT2D eigenvalue weighted by molar-refractivity contribution is 5.97. The van der Waals surface area contributed by atoms with Crippen LogP contribution in [0.25, 0.3) is 11.0 Å². The van der Waals surface area contributed by atoms with E-state index >= 15 is 0 Å². The Kier molecular flexibility index (Phi) is 4.66. The largest absolute Gasteiger partial charge is 0.493 e. The van der Waals surface area contributed by atoms with Gasteiger partial charge in [-0.25, -0.2) is 4.79 Å². The van der Waals surface area contributed by atoms with Gasteiger partial charge in [0.25, 0.3) is 11.6 Å². The van der Waals surface area contributed by atoms with Crippen LogP contribution in [0.5, 0.6) is 5.75 Å². The van der Waals surface area contributed by atoms with Gasteiger partial charge in [0.1, 0.15) is 5.56 Å². The van der Waals surface area contributed by atoms with E-state index in [1.165, 1.54) is 19.2 Å². The van der Waals surface area contributed by atoms with Crippen LogP contribution in [0.1, 0.15) is 23.2 Å². The molecule has 25 heavy (non-hydrogen) atoms. The molecule has 0 spiro atoms. The van der Waals surface area contributed by atoms with Gasteiger partial charge in [-0.05, 0) is 18.9 Å². The summed E-state index contributed by atoms with van der Waals surface area (Å²) in [5, 5.41) is 13.9. The summed E-state index contributed by atoms with van der Waals surface area (Å²) in [5.41, 5.74) is -1.25. The van der Waals surface area contributed by atoms with Crippen LogP contribution in [0.2, 0.25) is 0 Å². The van der Waals surface area contributed by atoms with Crippen molar-refractivity contribution < 1.29 is 23.6 Å². The van der Waals surface area contributed by atoms with Crippen LogP contribution in [0.15, 0.2) is 27.4 Å². The minimum atomic E-state index is -0.843. The maximum Gasteiger partial charge on any atom is 0.349 e. The number of nitro groups is 1. The molecule has 0 radical (unpaired) electrons. The van der Waals surface area contributed by atoms with E-state index < -0.39 is 16.5 Å². The molecule has 1 aliphatic heterocycles. The molecule has 1 fully saturated rings. The summed E-state index contributed by atoms with van der Waals surface area (Å²) in [6.07, 6.45) is 1.70. The summed E-state index contributed by atoms with van der Waals surface area (Å²) in [4.78, 5) is 34.8. The molecule has 3 rings (SSSR count). The number of hydrogen-bond donors (Lipinski definition) is 1. The van der Waals surface area contributed by atoms with Gasteiger partial charge in [0.2, 0.25) is 0 Å². The number of carbonyl (C=O) groups excluding carboxylic acids is 1. The molecule has 9 nitrogen and oxygen atoms in total. The van der Waals surface area contributed by atoms with E-state index in [2.05, 4.69) is 5.32 Å². The first kappa shape index (κ1) is 16.9. The molecule has 1 saturated heterocycles. The monoisotopic (exact) mass is 348 g/mol. The summed E-state index contributed by atoms with van der Waals surface area (Å²) < 4.78 is 15.6. The summed E-state index contributed by atoms with van der Waals surface area (Å²) in [5.74, 6) is -0.566. The Balaban J connectivity index is 1.95. The number of nitrogens with zero attached hydrogens (tertiary/aromatic N) is 1. The lowest BCUT2D eigenvalue weighted by molar-refractivity contribution is -0.384. The zero-order valence-corrected chi connectivity index (χ0v) is 13.4. The van der Waals surface area contributed by atoms with Crippen LogP contribution < -0.4 is 15.7 Å². The van der Waals surface area contributed by atoms with E-state index in [0.717, 1.165) is 18.9 Å². The second-order valence-electron chi connectivity index (χ2n) is 5.62. The fraction of sp³-hybridized carbons (Fsp3) is 0.375. The molecule has 1 aromatic heterocycles. The van der Waals surface area contributed by atoms with Crippen LogP contribution in [0, 0.1) is 10.1 Å². The molecule has 0 bridgehead atoms. The number of hydrogen-bond acceptors (Lipinski definition) is 7. The molecule has 2 aromatic rings. The SMILES string of the molecule is COc1cc([N+](=O)[O-])cc2cc(C(=O)NCC3CCCO3)c(=O)oc12. The molecule has 1 amide bonds. The molecule has 132 valence electrons. The van der Waals surface area contributed by atoms with Gasteiger partial charge in [-0.15, -0.1) is 0 Å². The molecule has 9 heteroatoms. The van der Waals surface area contributed by atoms with Crippen LogP contribution in [-0.2, 0) is 4.74 Å². The maximum atomic E-state index is 12.2. The molecule has 2 heterocycles. The van der Waals surface area contributed by atoms with Crippen molar-refractivity contribution in [3.05, 3.63) is 44.3 Å². The molecule has 1 aromatic carbocycles. The zero-order chi connectivity index (χ0) is 18.0. The third kappa shape index (κ3) is 3.45. The van der Waals surface area contributed by atoms with E-state index in [4.69, 9.17) is 13.9 Å². The van der Waals surface area contributed by atoms with Crippen LogP contribution in [0.4, 0.5) is 5.69 Å². The molecule has 0 aliphatic carbocycles. The number of non-ortho nitro benzene ring substituents is 1. The molecule has 1 N–H and O–H groups in total. The van der Waals surface area contributed by atoms with Crippen molar-refractivity contribution in [1.82, 2.24) is 5.32 Å². The predicted octanol–water partition coefficient (Wildman–Crippen LogP) is 1.62. The van der Waals surface area contributed by atoms with E-state index in [9.17, 15) is 19.7 Å². The van der Waals surface area contributed by atoms with Gasteiger partial charge >= 0.3 is 5.63 Å². The minimum Gasteiger partial charge on any atom is -0.493 e. The Bertz CT molecular complexity index is 884. The number of methoxy groups -OCH3 is 1. The first-order valence-corrected chi connectivity index (χ1v) is 7.69. The number of benzene rings is 1. The Morgan fingerprint density at radius 2 is 2.24 bits per heavy atom. The lowest BCUT2D eigenvalue weighted by Gasteiger charge is -2.10. The minimum absolute atomic E-state index is 0.0487. The number of fused-ring (bicyclic) bond motifs is 1. The number of nitrogens with one attached hydrogen (secondary N) is 1. The highest BCUT2D eigenvalue weighted by atomic mass is 16.6. The number of nitro benzene ring substituents is 1. The van der Waals surface area contributed by atoms with Gasteiger partial charge in [-0.1, -0.05) is 0 Å². The summed E-state index contributed by atoms with van der Waals surface area (Å²) in [7, 11) is 1.31. The fourth-order valence-electron chi connectivity index (χ4n) is 2.71. The van der Waals surface area contributed by atoms with Crippen LogP contribution >= 0.6 is 0 Å². The Morgan fingerprint density at radius 3 is 2.88 bits per heavy atom. The fourth-order valence-corrected chi connectivity index (χ4v) is 2.71. The number of ether oxygens (including phenoxy) is 2. The second kappa shape index (κ2) is 6.89. The van der Waals surface area contributed by atoms with Crippen molar-refractivity contribution >= 4 is 22.6 Å². The highest BCUT2D eigenvalue weighted by Gasteiger charge is 2.21. The quantitative estimate of drug-likeness (QED) is 0.495. The van der Waals surface area contributed by atoms with E-state index in [1.54, 1.807) is 0 Å². The molecular weight excluding hydrogens is 332 g/mol. The predicted molar refractivity (Wildman–Crippen MR) is 87.0 cm³/mol. The van der Waals surface area contributed by atoms with Crippen molar-refractivity contribution in [2.24, 2.45) is 0 Å². The van der Waals surface area contributed by atoms with Gasteiger partial charge in [0, 0.05) is 24.6 Å². The molecule has 1 unspecified atom stereocenters. The van der Waals surface area contributed by atoms with Gasteiger partial charge < -0.3 is 19.2 Å². The maximum absolute atomic E-state index is 12.2. The van der Waals surface area contributed by atoms with E-state index in [0.29, 0.717) is 6.61 Å². The molecule has 1 aliphatic rings. The third-order valence-electron chi connectivity index (χ3n) is 3.97. The molecular formula is C16H16N2O7.